The molecule has 9 heteroatoms. The maximum Gasteiger partial charge on any atom is 0.416 e. The van der Waals surface area contributed by atoms with E-state index in [1.807, 2.05) is 0 Å². The maximum absolute atomic E-state index is 13.3. The molecule has 2 aliphatic heterocycles. The second-order valence-electron chi connectivity index (χ2n) is 10.2. The molecule has 37 heavy (non-hydrogen) atoms. The fraction of sp³-hybridized carbons (Fsp3) is 0.714. The van der Waals surface area contributed by atoms with Crippen molar-refractivity contribution < 1.29 is 32.2 Å². The van der Waals surface area contributed by atoms with Crippen LogP contribution in [0.5, 0.6) is 0 Å². The molecule has 6 nitrogen and oxygen atoms in total. The van der Waals surface area contributed by atoms with Gasteiger partial charge in [-0.15, -0.1) is 0 Å². The van der Waals surface area contributed by atoms with Gasteiger partial charge in [0, 0.05) is 44.3 Å². The molecule has 4 rings (SSSR count). The first-order valence-electron chi connectivity index (χ1n) is 13.6. The average molecular weight is 527 g/mol. The van der Waals surface area contributed by atoms with Crippen LogP contribution in [0.2, 0.25) is 0 Å². The van der Waals surface area contributed by atoms with Gasteiger partial charge in [0.1, 0.15) is 0 Å². The van der Waals surface area contributed by atoms with Gasteiger partial charge >= 0.3 is 12.1 Å². The smallest absolute Gasteiger partial charge is 0.416 e. The van der Waals surface area contributed by atoms with Crippen molar-refractivity contribution in [3.63, 3.8) is 0 Å². The molecule has 0 N–H and O–H groups in total. The van der Waals surface area contributed by atoms with Crippen LogP contribution < -0.4 is 0 Å². The molecule has 1 aromatic rings. The minimum Gasteiger partial charge on any atom is -0.465 e. The Kier molecular flexibility index (Phi) is 10.8. The fourth-order valence-corrected chi connectivity index (χ4v) is 5.59. The van der Waals surface area contributed by atoms with E-state index in [-0.39, 0.29) is 43.0 Å². The van der Waals surface area contributed by atoms with Crippen LogP contribution in [-0.4, -0.2) is 66.7 Å². The van der Waals surface area contributed by atoms with Gasteiger partial charge in [-0.05, 0) is 68.7 Å². The molecule has 1 aliphatic carbocycles. The first kappa shape index (κ1) is 29.4. The highest BCUT2D eigenvalue weighted by atomic mass is 19.4. The molecule has 2 heterocycles. The number of halogens is 3. The lowest BCUT2D eigenvalue weighted by molar-refractivity contribution is -0.146. The summed E-state index contributed by atoms with van der Waals surface area (Å²) < 4.78 is 50.1. The minimum absolute atomic E-state index is 0.00799. The van der Waals surface area contributed by atoms with Crippen LogP contribution in [0.25, 0.3) is 0 Å². The molecular weight excluding hydrogens is 485 g/mol. The second-order valence-corrected chi connectivity index (χ2v) is 10.2. The van der Waals surface area contributed by atoms with Crippen LogP contribution in [0.3, 0.4) is 0 Å². The highest BCUT2D eigenvalue weighted by Crippen LogP contribution is 2.36. The minimum atomic E-state index is -4.40. The zero-order valence-corrected chi connectivity index (χ0v) is 22.3. The zero-order valence-electron chi connectivity index (χ0n) is 22.3. The predicted molar refractivity (Wildman–Crippen MR) is 135 cm³/mol. The summed E-state index contributed by atoms with van der Waals surface area (Å²) in [6.45, 7) is 8.63. The molecule has 0 radical (unpaired) electrons. The van der Waals surface area contributed by atoms with E-state index >= 15 is 0 Å². The molecule has 0 bridgehead atoms. The number of rotatable bonds is 6. The Labute approximate surface area is 218 Å². The van der Waals surface area contributed by atoms with Gasteiger partial charge in [-0.2, -0.15) is 13.2 Å². The molecule has 1 saturated carbocycles. The van der Waals surface area contributed by atoms with Gasteiger partial charge in [-0.1, -0.05) is 26.3 Å². The van der Waals surface area contributed by atoms with Crippen molar-refractivity contribution in [3.05, 3.63) is 34.9 Å². The first-order chi connectivity index (χ1) is 17.7. The van der Waals surface area contributed by atoms with Crippen LogP contribution in [0.1, 0.15) is 76.0 Å². The van der Waals surface area contributed by atoms with Crippen molar-refractivity contribution in [3.8, 4) is 0 Å². The van der Waals surface area contributed by atoms with Crippen molar-refractivity contribution >= 4 is 11.9 Å². The van der Waals surface area contributed by atoms with E-state index in [2.05, 4.69) is 18.7 Å². The number of fused-ring (bicyclic) bond motifs is 1. The normalized spacial score (nSPS) is 22.3. The lowest BCUT2D eigenvalue weighted by atomic mass is 9.95. The Morgan fingerprint density at radius 1 is 1.05 bits per heavy atom. The highest BCUT2D eigenvalue weighted by Gasteiger charge is 2.39. The predicted octanol–water partition coefficient (Wildman–Crippen LogP) is 5.22. The van der Waals surface area contributed by atoms with Gasteiger partial charge in [-0.3, -0.25) is 14.5 Å². The van der Waals surface area contributed by atoms with Gasteiger partial charge in [0.05, 0.1) is 18.7 Å². The number of nitrogens with zero attached hydrogens (tertiary/aromatic N) is 2. The highest BCUT2D eigenvalue weighted by molar-refractivity contribution is 5.79. The maximum atomic E-state index is 13.3. The van der Waals surface area contributed by atoms with Gasteiger partial charge in [-0.25, -0.2) is 0 Å². The van der Waals surface area contributed by atoms with Crippen LogP contribution in [-0.2, 0) is 38.2 Å². The average Bonchev–Trinajstić information content (AvgIpc) is 3.37. The molecular formula is C28H41F3N2O4. The van der Waals surface area contributed by atoms with E-state index in [9.17, 15) is 22.8 Å². The molecule has 0 spiro atoms. The molecule has 1 amide bonds. The fourth-order valence-electron chi connectivity index (χ4n) is 5.59. The second kappa shape index (κ2) is 13.6. The Bertz CT molecular complexity index is 902. The first-order valence-corrected chi connectivity index (χ1v) is 13.6. The van der Waals surface area contributed by atoms with Crippen molar-refractivity contribution in [1.29, 1.82) is 0 Å². The third-order valence-corrected chi connectivity index (χ3v) is 7.36. The third kappa shape index (κ3) is 7.93. The van der Waals surface area contributed by atoms with E-state index in [0.29, 0.717) is 44.8 Å². The summed E-state index contributed by atoms with van der Waals surface area (Å²) in [6.07, 6.45) is 1.30. The molecule has 0 aromatic heterocycles. The van der Waals surface area contributed by atoms with Crippen LogP contribution in [0.15, 0.2) is 18.2 Å². The summed E-state index contributed by atoms with van der Waals surface area (Å²) in [5, 5.41) is 0. The Morgan fingerprint density at radius 2 is 1.76 bits per heavy atom. The van der Waals surface area contributed by atoms with Crippen molar-refractivity contribution in [2.24, 2.45) is 5.92 Å². The van der Waals surface area contributed by atoms with E-state index in [4.69, 9.17) is 9.47 Å². The molecule has 1 aromatic carbocycles. The number of benzene rings is 1. The lowest BCUT2D eigenvalue weighted by Gasteiger charge is -2.38. The number of alkyl halides is 3. The monoisotopic (exact) mass is 526 g/mol. The zero-order chi connectivity index (χ0) is 27.0. The number of amides is 1. The Balaban J connectivity index is 0.00000121. The van der Waals surface area contributed by atoms with Gasteiger partial charge in [0.2, 0.25) is 5.91 Å². The summed E-state index contributed by atoms with van der Waals surface area (Å²) in [6, 6.07) is 4.16. The Hall–Kier alpha value is -2.13. The lowest BCUT2D eigenvalue weighted by Crippen LogP contribution is -2.48. The number of carbonyl (C=O) groups is 2. The standard InChI is InChI=1S/C25H33F3N2O4.C3H8/c1-2-34-23(31)16-30(21-8-11-33-12-9-21)22-6-4-18(14-22)24(32)29-10-7-17-3-5-20(25(26,27)28)13-19(17)15-29;1-3-2/h3,5,13,18,21-22H,2,4,6-12,14-16H2,1H3;3H2,1-2H3/t18-,22?;/m0./s1. The number of carbonyl (C=O) groups excluding carboxylic acids is 2. The van der Waals surface area contributed by atoms with Crippen LogP contribution in [0, 0.1) is 5.92 Å². The number of hydrogen-bond acceptors (Lipinski definition) is 5. The number of hydrogen-bond donors (Lipinski definition) is 0. The van der Waals surface area contributed by atoms with E-state index in [1.54, 1.807) is 11.8 Å². The summed E-state index contributed by atoms with van der Waals surface area (Å²) in [5.74, 6) is -0.424. The molecule has 3 aliphatic rings. The number of ether oxygens (including phenoxy) is 2. The molecule has 1 saturated heterocycles. The molecule has 2 fully saturated rings. The van der Waals surface area contributed by atoms with Crippen molar-refractivity contribution in [1.82, 2.24) is 9.80 Å². The van der Waals surface area contributed by atoms with Crippen LogP contribution >= 0.6 is 0 Å². The van der Waals surface area contributed by atoms with Gasteiger partial charge in [0.15, 0.2) is 0 Å². The Morgan fingerprint density at radius 3 is 2.41 bits per heavy atom. The van der Waals surface area contributed by atoms with Gasteiger partial charge in [0.25, 0.3) is 0 Å². The SMILES string of the molecule is CCC.CCOC(=O)CN(C1CCOCC1)C1CC[C@H](C(=O)N2CCc3ccc(C(F)(F)F)cc3C2)C1. The van der Waals surface area contributed by atoms with E-state index < -0.39 is 11.7 Å². The molecule has 208 valence electrons. The topological polar surface area (TPSA) is 59.1 Å². The summed E-state index contributed by atoms with van der Waals surface area (Å²) in [5.41, 5.74) is 0.782. The largest absolute Gasteiger partial charge is 0.465 e. The summed E-state index contributed by atoms with van der Waals surface area (Å²) in [7, 11) is 0. The third-order valence-electron chi connectivity index (χ3n) is 7.36. The van der Waals surface area contributed by atoms with Crippen LogP contribution in [0.4, 0.5) is 13.2 Å². The number of esters is 1. The molecule has 2 atom stereocenters. The van der Waals surface area contributed by atoms with E-state index in [0.717, 1.165) is 37.3 Å². The van der Waals surface area contributed by atoms with Crippen molar-refractivity contribution in [2.45, 2.75) is 90.5 Å². The quantitative estimate of drug-likeness (QED) is 0.476. The summed E-state index contributed by atoms with van der Waals surface area (Å²) >= 11 is 0. The van der Waals surface area contributed by atoms with E-state index in [1.165, 1.54) is 18.6 Å². The summed E-state index contributed by atoms with van der Waals surface area (Å²) in [4.78, 5) is 29.5. The van der Waals surface area contributed by atoms with Gasteiger partial charge < -0.3 is 14.4 Å². The molecule has 1 unspecified atom stereocenters. The van der Waals surface area contributed by atoms with Crippen molar-refractivity contribution in [2.75, 3.05) is 32.9 Å².